The molecular formula is C14H10Cl2F3N5S. The predicted octanol–water partition coefficient (Wildman–Crippen LogP) is 4.88. The first-order valence-corrected chi connectivity index (χ1v) is 8.14. The molecule has 0 spiro atoms. The van der Waals surface area contributed by atoms with Gasteiger partial charge >= 0.3 is 5.51 Å². The molecule has 0 saturated carbocycles. The zero-order valence-electron chi connectivity index (χ0n) is 12.8. The number of hydrogen-bond donors (Lipinski definition) is 0. The minimum Gasteiger partial charge on any atom is -0.369 e. The van der Waals surface area contributed by atoms with Gasteiger partial charge in [-0.25, -0.2) is 9.67 Å². The smallest absolute Gasteiger partial charge is 0.369 e. The molecule has 1 aromatic carbocycles. The van der Waals surface area contributed by atoms with Gasteiger partial charge in [0.05, 0.1) is 16.4 Å². The third-order valence-corrected chi connectivity index (χ3v) is 3.94. The highest BCUT2D eigenvalue weighted by Gasteiger charge is 2.30. The van der Waals surface area contributed by atoms with E-state index in [1.54, 1.807) is 19.0 Å². The second-order valence-corrected chi connectivity index (χ2v) is 6.86. The lowest BCUT2D eigenvalue weighted by molar-refractivity contribution is -0.0328. The Morgan fingerprint density at radius 1 is 1.28 bits per heavy atom. The fourth-order valence-electron chi connectivity index (χ4n) is 1.79. The number of aromatic nitrogens is 2. The molecule has 0 unspecified atom stereocenters. The summed E-state index contributed by atoms with van der Waals surface area (Å²) in [5, 5.41) is 13.0. The first kappa shape index (κ1) is 19.4. The monoisotopic (exact) mass is 407 g/mol. The van der Waals surface area contributed by atoms with Gasteiger partial charge in [-0.1, -0.05) is 23.2 Å². The number of hydrogen-bond acceptors (Lipinski definition) is 4. The van der Waals surface area contributed by atoms with E-state index >= 15 is 0 Å². The third-order valence-electron chi connectivity index (χ3n) is 2.66. The molecule has 0 N–H and O–H groups in total. The molecule has 11 heteroatoms. The number of nitrogens with zero attached hydrogens (tertiary/aromatic N) is 5. The maximum absolute atomic E-state index is 12.5. The Morgan fingerprint density at radius 2 is 1.88 bits per heavy atom. The molecule has 25 heavy (non-hydrogen) atoms. The topological polar surface area (TPSA) is 57.2 Å². The number of halogens is 5. The van der Waals surface area contributed by atoms with Crippen LogP contribution in [0, 0.1) is 11.3 Å². The van der Waals surface area contributed by atoms with Crippen LogP contribution in [0.1, 0.15) is 5.69 Å². The van der Waals surface area contributed by atoms with Gasteiger partial charge < -0.3 is 4.90 Å². The summed E-state index contributed by atoms with van der Waals surface area (Å²) in [6, 6.07) is 5.54. The van der Waals surface area contributed by atoms with Crippen LogP contribution in [0.15, 0.2) is 28.1 Å². The van der Waals surface area contributed by atoms with Crippen molar-refractivity contribution in [2.24, 2.45) is 4.99 Å². The number of thioether (sulfide) groups is 1. The molecule has 0 aliphatic heterocycles. The number of nitriles is 1. The molecule has 0 aliphatic rings. The highest BCUT2D eigenvalue weighted by molar-refractivity contribution is 8.00. The minimum atomic E-state index is -4.46. The van der Waals surface area contributed by atoms with Crippen molar-refractivity contribution in [3.05, 3.63) is 33.9 Å². The molecule has 0 aliphatic carbocycles. The van der Waals surface area contributed by atoms with Crippen molar-refractivity contribution in [3.63, 3.8) is 0 Å². The first-order valence-electron chi connectivity index (χ1n) is 6.56. The lowest BCUT2D eigenvalue weighted by Gasteiger charge is -2.12. The van der Waals surface area contributed by atoms with E-state index in [9.17, 15) is 13.2 Å². The molecule has 2 rings (SSSR count). The van der Waals surface area contributed by atoms with Gasteiger partial charge in [-0.3, -0.25) is 0 Å². The molecule has 1 aromatic heterocycles. The lowest BCUT2D eigenvalue weighted by Crippen LogP contribution is -2.08. The Balaban J connectivity index is 2.55. The highest BCUT2D eigenvalue weighted by Crippen LogP contribution is 2.41. The fourth-order valence-corrected chi connectivity index (χ4v) is 3.19. The van der Waals surface area contributed by atoms with Gasteiger partial charge in [0, 0.05) is 25.1 Å². The largest absolute Gasteiger partial charge is 0.446 e. The van der Waals surface area contributed by atoms with Crippen LogP contribution in [0.5, 0.6) is 0 Å². The van der Waals surface area contributed by atoms with Gasteiger partial charge in [0.25, 0.3) is 0 Å². The van der Waals surface area contributed by atoms with Crippen LogP contribution in [0.25, 0.3) is 5.69 Å². The van der Waals surface area contributed by atoms with Crippen molar-refractivity contribution in [3.8, 4) is 11.8 Å². The molecule has 5 nitrogen and oxygen atoms in total. The zero-order chi connectivity index (χ0) is 18.8. The molecule has 2 aromatic rings. The van der Waals surface area contributed by atoms with E-state index in [1.165, 1.54) is 17.1 Å². The molecule has 0 radical (unpaired) electrons. The van der Waals surface area contributed by atoms with E-state index in [0.29, 0.717) is 0 Å². The Kier molecular flexibility index (Phi) is 5.87. The summed E-state index contributed by atoms with van der Waals surface area (Å²) in [5.74, 6) is 0.255. The summed E-state index contributed by atoms with van der Waals surface area (Å²) in [7, 11) is 3.50. The van der Waals surface area contributed by atoms with Gasteiger partial charge in [0.1, 0.15) is 11.8 Å². The predicted molar refractivity (Wildman–Crippen MR) is 92.1 cm³/mol. The van der Waals surface area contributed by atoms with E-state index in [1.807, 2.05) is 6.07 Å². The summed E-state index contributed by atoms with van der Waals surface area (Å²) in [6.07, 6.45) is 1.48. The van der Waals surface area contributed by atoms with Crippen LogP contribution >= 0.6 is 35.0 Å². The highest BCUT2D eigenvalue weighted by atomic mass is 35.5. The van der Waals surface area contributed by atoms with Crippen LogP contribution < -0.4 is 0 Å². The molecule has 0 saturated heterocycles. The van der Waals surface area contributed by atoms with Crippen molar-refractivity contribution >= 4 is 47.1 Å². The maximum atomic E-state index is 12.5. The van der Waals surface area contributed by atoms with Crippen molar-refractivity contribution in [1.82, 2.24) is 14.7 Å². The minimum absolute atomic E-state index is 0.0480. The molecule has 0 atom stereocenters. The summed E-state index contributed by atoms with van der Waals surface area (Å²) in [4.78, 5) is 5.67. The van der Waals surface area contributed by atoms with Crippen LogP contribution in [-0.2, 0) is 0 Å². The molecule has 0 amide bonds. The van der Waals surface area contributed by atoms with Gasteiger partial charge in [-0.05, 0) is 23.9 Å². The summed E-state index contributed by atoms with van der Waals surface area (Å²) in [5.41, 5.74) is -4.26. The molecule has 1 heterocycles. The molecule has 0 fully saturated rings. The second-order valence-electron chi connectivity index (χ2n) is 4.90. The van der Waals surface area contributed by atoms with E-state index in [2.05, 4.69) is 10.1 Å². The standard InChI is InChI=1S/C14H10Cl2F3N5S/c1-23(2)7-21-12-3-8(6-20)22-24(12)13-10(15)4-9(5-11(13)16)25-14(17,18)19/h3-5,7H,1-2H3/b21-7-. The normalized spacial score (nSPS) is 11.8. The SMILES string of the molecule is CN(C)/C=N\c1cc(C#N)nn1-c1c(Cl)cc(SC(F)(F)F)cc1Cl. The molecule has 132 valence electrons. The maximum Gasteiger partial charge on any atom is 0.446 e. The quantitative estimate of drug-likeness (QED) is 0.411. The fraction of sp³-hybridized carbons (Fsp3) is 0.214. The van der Waals surface area contributed by atoms with E-state index in [4.69, 9.17) is 28.5 Å². The van der Waals surface area contributed by atoms with Crippen molar-refractivity contribution in [1.29, 1.82) is 5.26 Å². The van der Waals surface area contributed by atoms with Crippen LogP contribution in [-0.4, -0.2) is 40.6 Å². The third kappa shape index (κ3) is 5.04. The number of rotatable bonds is 4. The van der Waals surface area contributed by atoms with Gasteiger partial charge in [0.15, 0.2) is 11.5 Å². The van der Waals surface area contributed by atoms with Crippen LogP contribution in [0.4, 0.5) is 19.0 Å². The van der Waals surface area contributed by atoms with Gasteiger partial charge in [0.2, 0.25) is 0 Å². The first-order chi connectivity index (χ1) is 11.6. The van der Waals surface area contributed by atoms with Crippen molar-refractivity contribution < 1.29 is 13.2 Å². The summed E-state index contributed by atoms with van der Waals surface area (Å²) >= 11 is 11.9. The molecular weight excluding hydrogens is 398 g/mol. The Bertz CT molecular complexity index is 832. The molecule has 0 bridgehead atoms. The average Bonchev–Trinajstić information content (AvgIpc) is 2.85. The van der Waals surface area contributed by atoms with E-state index < -0.39 is 5.51 Å². The number of aliphatic imine (C=N–C) groups is 1. The summed E-state index contributed by atoms with van der Waals surface area (Å²) < 4.78 is 38.8. The Morgan fingerprint density at radius 3 is 2.36 bits per heavy atom. The van der Waals surface area contributed by atoms with Gasteiger partial charge in [-0.2, -0.15) is 23.5 Å². The van der Waals surface area contributed by atoms with Crippen molar-refractivity contribution in [2.45, 2.75) is 10.4 Å². The Labute approximate surface area is 155 Å². The van der Waals surface area contributed by atoms with Crippen LogP contribution in [0.2, 0.25) is 10.0 Å². The second kappa shape index (κ2) is 7.56. The number of benzene rings is 1. The summed E-state index contributed by atoms with van der Waals surface area (Å²) in [6.45, 7) is 0. The lowest BCUT2D eigenvalue weighted by atomic mass is 10.3. The Hall–Kier alpha value is -1.89. The van der Waals surface area contributed by atoms with E-state index in [-0.39, 0.29) is 43.9 Å². The number of alkyl halides is 3. The van der Waals surface area contributed by atoms with E-state index in [0.717, 1.165) is 12.1 Å². The van der Waals surface area contributed by atoms with Gasteiger partial charge in [-0.15, -0.1) is 0 Å². The van der Waals surface area contributed by atoms with Crippen molar-refractivity contribution in [2.75, 3.05) is 14.1 Å². The van der Waals surface area contributed by atoms with Crippen LogP contribution in [0.3, 0.4) is 0 Å². The average molecular weight is 408 g/mol. The zero-order valence-corrected chi connectivity index (χ0v) is 15.2.